The Balaban J connectivity index is 1.87. The number of carbonyl (C=O) groups is 6. The number of urea groups is 1. The Hall–Kier alpha value is -4.08. The zero-order valence-corrected chi connectivity index (χ0v) is 32.5. The summed E-state index contributed by atoms with van der Waals surface area (Å²) in [4.78, 5) is 82.3. The van der Waals surface area contributed by atoms with Crippen LogP contribution >= 0.6 is 0 Å². The van der Waals surface area contributed by atoms with Crippen molar-refractivity contribution >= 4 is 35.6 Å². The van der Waals surface area contributed by atoms with E-state index in [1.807, 2.05) is 41.5 Å². The largest absolute Gasteiger partial charge is 0.447 e. The molecule has 1 aliphatic heterocycles. The van der Waals surface area contributed by atoms with Gasteiger partial charge in [0, 0.05) is 26.1 Å². The molecule has 3 rings (SSSR count). The lowest BCUT2D eigenvalue weighted by atomic mass is 9.70. The molecule has 0 aromatic rings. The number of amides is 6. The van der Waals surface area contributed by atoms with Gasteiger partial charge in [0.05, 0.1) is 12.1 Å². The first-order valence-electron chi connectivity index (χ1n) is 18.7. The molecule has 2 saturated carbocycles. The highest BCUT2D eigenvalue weighted by Crippen LogP contribution is 2.65. The SMILES string of the molecule is C#CCCC(NC(=O)[C@@H]1[C@@H]2[C@H](CN1C(=O)[C@@H](NC(=O)N[C@H](COC(=O)NCC(C)C)C(C)(C)C)C1(C)CCCCC1)C2(C)C)C(=O)C(=O)NCC=C. The summed E-state index contributed by atoms with van der Waals surface area (Å²) in [7, 11) is 0. The van der Waals surface area contributed by atoms with Crippen LogP contribution < -0.4 is 26.6 Å². The molecule has 3 aliphatic rings. The molecule has 0 aromatic heterocycles. The number of carbonyl (C=O) groups excluding carboxylic acids is 6. The maximum absolute atomic E-state index is 14.8. The molecule has 1 heterocycles. The number of alkyl carbamates (subject to hydrolysis) is 1. The zero-order chi connectivity index (χ0) is 39.0. The summed E-state index contributed by atoms with van der Waals surface area (Å²) < 4.78 is 5.46. The predicted molar refractivity (Wildman–Crippen MR) is 199 cm³/mol. The van der Waals surface area contributed by atoms with Gasteiger partial charge in [-0.2, -0.15) is 0 Å². The molecule has 0 aromatic carbocycles. The molecule has 6 atom stereocenters. The maximum atomic E-state index is 14.8. The smallest absolute Gasteiger partial charge is 0.407 e. The van der Waals surface area contributed by atoms with Gasteiger partial charge in [0.2, 0.25) is 17.6 Å². The number of terminal acetylenes is 1. The first-order chi connectivity index (χ1) is 24.3. The molecule has 0 spiro atoms. The molecule has 5 N–H and O–H groups in total. The molecule has 6 amide bonds. The van der Waals surface area contributed by atoms with Crippen LogP contribution in [0.15, 0.2) is 12.7 Å². The Labute approximate surface area is 309 Å². The van der Waals surface area contributed by atoms with E-state index in [2.05, 4.69) is 52.9 Å². The second-order valence-electron chi connectivity index (χ2n) is 17.1. The van der Waals surface area contributed by atoms with Gasteiger partial charge >= 0.3 is 12.1 Å². The number of piperidine rings is 1. The maximum Gasteiger partial charge on any atom is 0.407 e. The molecule has 3 fully saturated rings. The summed E-state index contributed by atoms with van der Waals surface area (Å²) in [6.07, 6.45) is 10.8. The van der Waals surface area contributed by atoms with Gasteiger partial charge in [-0.1, -0.05) is 80.7 Å². The summed E-state index contributed by atoms with van der Waals surface area (Å²) in [5, 5.41) is 13.9. The number of rotatable bonds is 16. The minimum Gasteiger partial charge on any atom is -0.447 e. The summed E-state index contributed by atoms with van der Waals surface area (Å²) in [6.45, 7) is 20.2. The number of likely N-dealkylation sites (tertiary alicyclic amines) is 1. The second-order valence-corrected chi connectivity index (χ2v) is 17.1. The molecule has 13 nitrogen and oxygen atoms in total. The van der Waals surface area contributed by atoms with Crippen molar-refractivity contribution in [2.24, 2.45) is 34.0 Å². The third-order valence-corrected chi connectivity index (χ3v) is 11.2. The average Bonchev–Trinajstić information content (AvgIpc) is 3.38. The van der Waals surface area contributed by atoms with Crippen LogP contribution in [0.4, 0.5) is 9.59 Å². The van der Waals surface area contributed by atoms with Crippen molar-refractivity contribution < 1.29 is 33.5 Å². The van der Waals surface area contributed by atoms with Gasteiger partial charge in [0.1, 0.15) is 18.7 Å². The fourth-order valence-corrected chi connectivity index (χ4v) is 7.66. The van der Waals surface area contributed by atoms with Gasteiger partial charge in [0.15, 0.2) is 0 Å². The van der Waals surface area contributed by atoms with E-state index in [1.54, 1.807) is 4.90 Å². The van der Waals surface area contributed by atoms with E-state index < -0.39 is 64.7 Å². The molecule has 0 bridgehead atoms. The number of nitrogens with one attached hydrogen (secondary N) is 5. The highest BCUT2D eigenvalue weighted by molar-refractivity contribution is 6.38. The van der Waals surface area contributed by atoms with E-state index in [9.17, 15) is 28.8 Å². The van der Waals surface area contributed by atoms with Crippen molar-refractivity contribution in [1.29, 1.82) is 0 Å². The van der Waals surface area contributed by atoms with Crippen LogP contribution in [0.3, 0.4) is 0 Å². The van der Waals surface area contributed by atoms with Gasteiger partial charge in [-0.25, -0.2) is 9.59 Å². The lowest BCUT2D eigenvalue weighted by Gasteiger charge is -2.43. The van der Waals surface area contributed by atoms with Crippen LogP contribution in [0.25, 0.3) is 0 Å². The van der Waals surface area contributed by atoms with Crippen LogP contribution in [0.1, 0.15) is 100 Å². The standard InChI is InChI=1S/C39H62N6O7/c1-11-13-17-26(30(46)33(48)40-20-12-2)42-32(47)29-28-25(38(28,8)9)22-45(29)34(49)31(39(10)18-15-14-16-19-39)44-35(50)43-27(37(5,6)7)23-52-36(51)41-21-24(3)4/h1,12,24-29,31H,2,13-23H2,3-10H3,(H,40,48)(H,41,51)(H,42,47)(H2,43,44,50)/t25-,26?,27+,28-,29-,31+/m0/s1. The van der Waals surface area contributed by atoms with Crippen molar-refractivity contribution in [1.82, 2.24) is 31.5 Å². The number of fused-ring (bicyclic) bond motifs is 1. The van der Waals surface area contributed by atoms with Crippen LogP contribution in [-0.4, -0.2) is 90.9 Å². The molecular formula is C39H62N6O7. The first kappa shape index (κ1) is 42.3. The molecule has 290 valence electrons. The van der Waals surface area contributed by atoms with Gasteiger partial charge in [-0.05, 0) is 53.3 Å². The summed E-state index contributed by atoms with van der Waals surface area (Å²) in [6, 6.07) is -4.20. The Morgan fingerprint density at radius 2 is 1.65 bits per heavy atom. The fourth-order valence-electron chi connectivity index (χ4n) is 7.66. The van der Waals surface area contributed by atoms with E-state index in [0.29, 0.717) is 25.9 Å². The lowest BCUT2D eigenvalue weighted by molar-refractivity contribution is -0.146. The van der Waals surface area contributed by atoms with Crippen molar-refractivity contribution in [3.05, 3.63) is 12.7 Å². The van der Waals surface area contributed by atoms with E-state index >= 15 is 0 Å². The Morgan fingerprint density at radius 3 is 2.23 bits per heavy atom. The second kappa shape index (κ2) is 17.6. The van der Waals surface area contributed by atoms with E-state index in [-0.39, 0.29) is 55.1 Å². The van der Waals surface area contributed by atoms with Crippen LogP contribution in [0, 0.1) is 46.3 Å². The monoisotopic (exact) mass is 726 g/mol. The quantitative estimate of drug-likeness (QED) is 0.0917. The Bertz CT molecular complexity index is 1390. The average molecular weight is 727 g/mol. The third kappa shape index (κ3) is 10.5. The van der Waals surface area contributed by atoms with Crippen molar-refractivity contribution in [2.75, 3.05) is 26.2 Å². The summed E-state index contributed by atoms with van der Waals surface area (Å²) >= 11 is 0. The zero-order valence-electron chi connectivity index (χ0n) is 32.5. The number of ether oxygens (including phenoxy) is 1. The first-order valence-corrected chi connectivity index (χ1v) is 18.7. The molecule has 0 radical (unpaired) electrons. The van der Waals surface area contributed by atoms with Gasteiger partial charge in [0.25, 0.3) is 5.91 Å². The van der Waals surface area contributed by atoms with Gasteiger partial charge < -0.3 is 36.2 Å². The van der Waals surface area contributed by atoms with Gasteiger partial charge in [-0.3, -0.25) is 19.2 Å². The predicted octanol–water partition coefficient (Wildman–Crippen LogP) is 3.67. The van der Waals surface area contributed by atoms with E-state index in [4.69, 9.17) is 11.2 Å². The normalized spacial score (nSPS) is 23.1. The number of nitrogens with zero attached hydrogens (tertiary/aromatic N) is 1. The van der Waals surface area contributed by atoms with Crippen molar-refractivity contribution in [3.8, 4) is 12.3 Å². The van der Waals surface area contributed by atoms with Gasteiger partial charge in [-0.15, -0.1) is 18.9 Å². The van der Waals surface area contributed by atoms with Crippen LogP contribution in [0.2, 0.25) is 0 Å². The molecule has 1 unspecified atom stereocenters. The highest BCUT2D eigenvalue weighted by atomic mass is 16.5. The number of Topliss-reactive ketones (excluding diaryl/α,β-unsaturated/α-hetero) is 1. The minimum atomic E-state index is -1.18. The third-order valence-electron chi connectivity index (χ3n) is 11.2. The number of hydrogen-bond donors (Lipinski definition) is 5. The molecule has 52 heavy (non-hydrogen) atoms. The number of hydrogen-bond acceptors (Lipinski definition) is 7. The van der Waals surface area contributed by atoms with Crippen molar-refractivity contribution in [2.45, 2.75) is 125 Å². The fraction of sp³-hybridized carbons (Fsp3) is 0.744. The summed E-state index contributed by atoms with van der Waals surface area (Å²) in [5.74, 6) is -0.00388. The van der Waals surface area contributed by atoms with Crippen molar-refractivity contribution in [3.63, 3.8) is 0 Å². The topological polar surface area (TPSA) is 175 Å². The van der Waals surface area contributed by atoms with E-state index in [1.165, 1.54) is 6.08 Å². The van der Waals surface area contributed by atoms with E-state index in [0.717, 1.165) is 19.3 Å². The minimum absolute atomic E-state index is 0.0425. The highest BCUT2D eigenvalue weighted by Gasteiger charge is 2.70. The molecule has 13 heteroatoms. The van der Waals surface area contributed by atoms with Crippen LogP contribution in [-0.2, 0) is 23.9 Å². The molecule has 2 aliphatic carbocycles. The molecular weight excluding hydrogens is 664 g/mol. The molecule has 1 saturated heterocycles. The number of ketones is 1. The summed E-state index contributed by atoms with van der Waals surface area (Å²) in [5.41, 5.74) is -1.31. The van der Waals surface area contributed by atoms with Crippen LogP contribution in [0.5, 0.6) is 0 Å². The lowest BCUT2D eigenvalue weighted by Crippen LogP contribution is -2.63. The Morgan fingerprint density at radius 1 is 1.00 bits per heavy atom. The Kier molecular flexibility index (Phi) is 14.3.